The molecule has 0 saturated carbocycles. The van der Waals surface area contributed by atoms with E-state index in [1.807, 2.05) is 29.1 Å². The van der Waals surface area contributed by atoms with Gasteiger partial charge in [-0.2, -0.15) is 0 Å². The number of nitrogens with one attached hydrogen (secondary N) is 1. The molecule has 1 atom stereocenters. The van der Waals surface area contributed by atoms with Crippen molar-refractivity contribution in [2.75, 3.05) is 5.32 Å². The second kappa shape index (κ2) is 6.16. The summed E-state index contributed by atoms with van der Waals surface area (Å²) in [7, 11) is 0. The fraction of sp³-hybridized carbons (Fsp3) is 0.500. The van der Waals surface area contributed by atoms with Crippen LogP contribution in [0.15, 0.2) is 30.7 Å². The fourth-order valence-electron chi connectivity index (χ4n) is 2.97. The molecule has 0 saturated heterocycles. The van der Waals surface area contributed by atoms with E-state index in [9.17, 15) is 4.79 Å². The second-order valence-corrected chi connectivity index (χ2v) is 5.59. The lowest BCUT2D eigenvalue weighted by Crippen LogP contribution is -2.27. The number of aromatic nitrogens is 3. The molecule has 1 N–H and O–H groups in total. The monoisotopic (exact) mass is 286 g/mol. The zero-order valence-corrected chi connectivity index (χ0v) is 12.5. The summed E-state index contributed by atoms with van der Waals surface area (Å²) in [6.07, 6.45) is 10.8. The van der Waals surface area contributed by atoms with Gasteiger partial charge in [0, 0.05) is 25.4 Å². The first-order valence-corrected chi connectivity index (χ1v) is 7.77. The van der Waals surface area contributed by atoms with Crippen molar-refractivity contribution in [3.63, 3.8) is 0 Å². The molecule has 0 radical (unpaired) electrons. The normalized spacial score (nSPS) is 15.5. The largest absolute Gasteiger partial charge is 0.342 e. The number of aryl methyl sites for hydroxylation is 1. The van der Waals surface area contributed by atoms with Crippen LogP contribution in [0, 0.1) is 0 Å². The van der Waals surface area contributed by atoms with E-state index in [4.69, 9.17) is 0 Å². The summed E-state index contributed by atoms with van der Waals surface area (Å²) in [5, 5.41) is 3.06. The number of amides is 1. The van der Waals surface area contributed by atoms with Crippen LogP contribution in [0.25, 0.3) is 0 Å². The minimum atomic E-state index is -0.153. The van der Waals surface area contributed by atoms with E-state index in [0.29, 0.717) is 0 Å². The standard InChI is InChI=1S/C16H22N4O/c1-2-7-13(19-9-5-6-10-19)16(21)18-15-12-17-14-8-3-4-11-20(14)15/h5-6,9-10,12-13H,2-4,7-8,11H2,1H3,(H,18,21)/t13-/m0/s1. The zero-order valence-electron chi connectivity index (χ0n) is 12.5. The van der Waals surface area contributed by atoms with Gasteiger partial charge < -0.3 is 14.5 Å². The third-order valence-corrected chi connectivity index (χ3v) is 4.07. The topological polar surface area (TPSA) is 51.9 Å². The van der Waals surface area contributed by atoms with E-state index in [0.717, 1.165) is 43.9 Å². The molecule has 112 valence electrons. The number of carbonyl (C=O) groups is 1. The summed E-state index contributed by atoms with van der Waals surface area (Å²) >= 11 is 0. The van der Waals surface area contributed by atoms with Gasteiger partial charge in [0.25, 0.3) is 0 Å². The minimum absolute atomic E-state index is 0.0429. The molecule has 1 aliphatic rings. The first kappa shape index (κ1) is 13.9. The van der Waals surface area contributed by atoms with E-state index in [1.54, 1.807) is 6.20 Å². The van der Waals surface area contributed by atoms with E-state index < -0.39 is 0 Å². The molecular formula is C16H22N4O. The first-order chi connectivity index (χ1) is 10.3. The fourth-order valence-corrected chi connectivity index (χ4v) is 2.97. The molecular weight excluding hydrogens is 264 g/mol. The highest BCUT2D eigenvalue weighted by Gasteiger charge is 2.21. The number of fused-ring (bicyclic) bond motifs is 1. The van der Waals surface area contributed by atoms with Gasteiger partial charge in [-0.05, 0) is 31.4 Å². The van der Waals surface area contributed by atoms with Crippen LogP contribution in [0.4, 0.5) is 5.82 Å². The predicted molar refractivity (Wildman–Crippen MR) is 82.2 cm³/mol. The number of nitrogens with zero attached hydrogens (tertiary/aromatic N) is 3. The van der Waals surface area contributed by atoms with Gasteiger partial charge in [0.05, 0.1) is 6.20 Å². The van der Waals surface area contributed by atoms with Crippen molar-refractivity contribution >= 4 is 11.7 Å². The lowest BCUT2D eigenvalue weighted by Gasteiger charge is -2.20. The van der Waals surface area contributed by atoms with Crippen LogP contribution in [0.5, 0.6) is 0 Å². The number of rotatable bonds is 5. The molecule has 0 aliphatic carbocycles. The van der Waals surface area contributed by atoms with Gasteiger partial charge in [0.15, 0.2) is 0 Å². The maximum absolute atomic E-state index is 12.6. The second-order valence-electron chi connectivity index (χ2n) is 5.59. The van der Waals surface area contributed by atoms with Crippen molar-refractivity contribution in [2.45, 2.75) is 51.6 Å². The molecule has 5 nitrogen and oxygen atoms in total. The smallest absolute Gasteiger partial charge is 0.248 e. The van der Waals surface area contributed by atoms with Gasteiger partial charge in [0.1, 0.15) is 17.7 Å². The van der Waals surface area contributed by atoms with Crippen molar-refractivity contribution in [1.29, 1.82) is 0 Å². The summed E-state index contributed by atoms with van der Waals surface area (Å²) in [5.41, 5.74) is 0. The minimum Gasteiger partial charge on any atom is -0.342 e. The predicted octanol–water partition coefficient (Wildman–Crippen LogP) is 3.00. The average Bonchev–Trinajstić information content (AvgIpc) is 3.15. The SMILES string of the molecule is CCC[C@@H](C(=O)Nc1cnc2n1CCCC2)n1cccc1. The molecule has 0 aromatic carbocycles. The van der Waals surface area contributed by atoms with Crippen molar-refractivity contribution in [2.24, 2.45) is 0 Å². The number of hydrogen-bond acceptors (Lipinski definition) is 2. The van der Waals surface area contributed by atoms with E-state index in [1.165, 1.54) is 6.42 Å². The lowest BCUT2D eigenvalue weighted by atomic mass is 10.1. The summed E-state index contributed by atoms with van der Waals surface area (Å²) in [5.74, 6) is 1.97. The highest BCUT2D eigenvalue weighted by atomic mass is 16.2. The van der Waals surface area contributed by atoms with Gasteiger partial charge in [-0.15, -0.1) is 0 Å². The molecule has 0 bridgehead atoms. The Kier molecular flexibility index (Phi) is 4.08. The van der Waals surface area contributed by atoms with E-state index in [2.05, 4.69) is 21.8 Å². The number of imidazole rings is 1. The Morgan fingerprint density at radius 1 is 1.38 bits per heavy atom. The van der Waals surface area contributed by atoms with Crippen LogP contribution in [-0.4, -0.2) is 20.0 Å². The highest BCUT2D eigenvalue weighted by Crippen LogP contribution is 2.22. The van der Waals surface area contributed by atoms with Gasteiger partial charge >= 0.3 is 0 Å². The molecule has 1 aliphatic heterocycles. The summed E-state index contributed by atoms with van der Waals surface area (Å²) in [6, 6.07) is 3.76. The van der Waals surface area contributed by atoms with E-state index >= 15 is 0 Å². The molecule has 0 fully saturated rings. The lowest BCUT2D eigenvalue weighted by molar-refractivity contribution is -0.119. The Bertz CT molecular complexity index is 600. The Balaban J connectivity index is 1.77. The third kappa shape index (κ3) is 2.86. The molecule has 1 amide bonds. The Labute approximate surface area is 125 Å². The highest BCUT2D eigenvalue weighted by molar-refractivity contribution is 5.93. The molecule has 0 spiro atoms. The van der Waals surface area contributed by atoms with Gasteiger partial charge in [-0.3, -0.25) is 4.79 Å². The summed E-state index contributed by atoms with van der Waals surface area (Å²) < 4.78 is 4.12. The number of hydrogen-bond donors (Lipinski definition) is 1. The molecule has 3 heterocycles. The molecule has 5 heteroatoms. The van der Waals surface area contributed by atoms with Crippen LogP contribution < -0.4 is 5.32 Å². The van der Waals surface area contributed by atoms with Gasteiger partial charge in [0.2, 0.25) is 5.91 Å². The maximum atomic E-state index is 12.6. The molecule has 21 heavy (non-hydrogen) atoms. The Morgan fingerprint density at radius 2 is 2.19 bits per heavy atom. The average molecular weight is 286 g/mol. The van der Waals surface area contributed by atoms with Gasteiger partial charge in [-0.25, -0.2) is 4.98 Å². The first-order valence-electron chi connectivity index (χ1n) is 7.77. The van der Waals surface area contributed by atoms with Crippen LogP contribution >= 0.6 is 0 Å². The molecule has 2 aromatic rings. The van der Waals surface area contributed by atoms with Crippen LogP contribution in [-0.2, 0) is 17.8 Å². The third-order valence-electron chi connectivity index (χ3n) is 4.07. The van der Waals surface area contributed by atoms with Crippen LogP contribution in [0.3, 0.4) is 0 Å². The van der Waals surface area contributed by atoms with Crippen molar-refractivity contribution in [3.8, 4) is 0 Å². The summed E-state index contributed by atoms with van der Waals surface area (Å²) in [4.78, 5) is 17.0. The molecule has 3 rings (SSSR count). The number of carbonyl (C=O) groups excluding carboxylic acids is 1. The quantitative estimate of drug-likeness (QED) is 0.918. The van der Waals surface area contributed by atoms with Crippen molar-refractivity contribution < 1.29 is 4.79 Å². The molecule has 2 aromatic heterocycles. The van der Waals surface area contributed by atoms with E-state index in [-0.39, 0.29) is 11.9 Å². The van der Waals surface area contributed by atoms with Crippen LogP contribution in [0.2, 0.25) is 0 Å². The number of anilines is 1. The Morgan fingerprint density at radius 3 is 2.95 bits per heavy atom. The van der Waals surface area contributed by atoms with Crippen molar-refractivity contribution in [3.05, 3.63) is 36.5 Å². The Hall–Kier alpha value is -2.04. The maximum Gasteiger partial charge on any atom is 0.248 e. The summed E-state index contributed by atoms with van der Waals surface area (Å²) in [6.45, 7) is 3.05. The zero-order chi connectivity index (χ0) is 14.7. The van der Waals surface area contributed by atoms with Crippen LogP contribution in [0.1, 0.15) is 44.5 Å². The molecule has 0 unspecified atom stereocenters. The van der Waals surface area contributed by atoms with Crippen molar-refractivity contribution in [1.82, 2.24) is 14.1 Å². The van der Waals surface area contributed by atoms with Gasteiger partial charge in [-0.1, -0.05) is 13.3 Å².